The number of fused-ring (bicyclic) bond motifs is 1. The van der Waals surface area contributed by atoms with E-state index in [1.165, 1.54) is 0 Å². The molecule has 28 heavy (non-hydrogen) atoms. The number of aryl methyl sites for hydroxylation is 1. The molecule has 1 aliphatic carbocycles. The number of nitrogens with two attached hydrogens (primary N) is 1. The lowest BCUT2D eigenvalue weighted by atomic mass is 10.1. The number of rotatable bonds is 6. The first-order valence-corrected chi connectivity index (χ1v) is 9.27. The predicted octanol–water partition coefficient (Wildman–Crippen LogP) is 3.47. The Hall–Kier alpha value is -3.48. The van der Waals surface area contributed by atoms with Gasteiger partial charge in [-0.2, -0.15) is 15.0 Å². The van der Waals surface area contributed by atoms with Crippen molar-refractivity contribution in [1.29, 1.82) is 0 Å². The first-order valence-electron chi connectivity index (χ1n) is 9.27. The van der Waals surface area contributed by atoms with Crippen LogP contribution >= 0.6 is 0 Å². The van der Waals surface area contributed by atoms with E-state index in [4.69, 9.17) is 10.5 Å². The van der Waals surface area contributed by atoms with Crippen molar-refractivity contribution in [2.75, 3.05) is 11.1 Å². The van der Waals surface area contributed by atoms with Crippen LogP contribution in [-0.4, -0.2) is 20.7 Å². The number of nitrogens with one attached hydrogen (secondary N) is 1. The number of hydrogen-bond acceptors (Lipinski definition) is 7. The lowest BCUT2D eigenvalue weighted by Gasteiger charge is -2.12. The number of Topliss-reactive ketones (excluding diaryl/α,β-unsaturated/α-hetero) is 1. The van der Waals surface area contributed by atoms with Gasteiger partial charge in [-0.3, -0.25) is 4.79 Å². The van der Waals surface area contributed by atoms with Crippen molar-refractivity contribution in [2.45, 2.75) is 32.8 Å². The summed E-state index contributed by atoms with van der Waals surface area (Å²) in [5, 5.41) is 3.21. The summed E-state index contributed by atoms with van der Waals surface area (Å²) in [6.07, 6.45) is 2.11. The third-order valence-electron chi connectivity index (χ3n) is 4.74. The fraction of sp³-hybridized carbons (Fsp3) is 0.238. The number of ether oxygens (including phenoxy) is 1. The zero-order valence-electron chi connectivity index (χ0n) is 15.6. The number of benzene rings is 2. The van der Waals surface area contributed by atoms with E-state index in [0.717, 1.165) is 28.8 Å². The molecule has 0 bridgehead atoms. The number of hydrogen-bond donors (Lipinski definition) is 2. The van der Waals surface area contributed by atoms with Crippen LogP contribution in [0.15, 0.2) is 42.5 Å². The van der Waals surface area contributed by atoms with Gasteiger partial charge in [-0.25, -0.2) is 0 Å². The molecule has 0 aliphatic heterocycles. The van der Waals surface area contributed by atoms with Gasteiger partial charge in [0.05, 0.1) is 0 Å². The number of para-hydroxylation sites is 1. The second-order valence-electron chi connectivity index (χ2n) is 6.56. The maximum atomic E-state index is 11.9. The van der Waals surface area contributed by atoms with Crippen LogP contribution in [-0.2, 0) is 19.4 Å². The lowest BCUT2D eigenvalue weighted by molar-refractivity contribution is 0.0994. The minimum atomic E-state index is 0.124. The van der Waals surface area contributed by atoms with Crippen molar-refractivity contribution >= 4 is 23.4 Å². The molecule has 0 unspecified atom stereocenters. The second-order valence-corrected chi connectivity index (χ2v) is 6.56. The Morgan fingerprint density at radius 3 is 2.79 bits per heavy atom. The topological polar surface area (TPSA) is 103 Å². The first kappa shape index (κ1) is 17.9. The van der Waals surface area contributed by atoms with E-state index in [9.17, 15) is 4.79 Å². The van der Waals surface area contributed by atoms with Gasteiger partial charge in [-0.1, -0.05) is 37.3 Å². The van der Waals surface area contributed by atoms with Gasteiger partial charge >= 0.3 is 0 Å². The molecule has 1 aromatic heterocycles. The summed E-state index contributed by atoms with van der Waals surface area (Å²) >= 11 is 0. The molecule has 7 nitrogen and oxygen atoms in total. The molecular weight excluding hydrogens is 354 g/mol. The summed E-state index contributed by atoms with van der Waals surface area (Å²) in [6.45, 7) is 2.23. The van der Waals surface area contributed by atoms with Gasteiger partial charge in [0.25, 0.3) is 0 Å². The molecule has 7 heteroatoms. The second kappa shape index (κ2) is 7.64. The largest absolute Gasteiger partial charge is 0.485 e. The molecule has 3 N–H and O–H groups in total. The Kier molecular flexibility index (Phi) is 4.89. The van der Waals surface area contributed by atoms with Crippen LogP contribution in [0, 0.1) is 0 Å². The third-order valence-corrected chi connectivity index (χ3v) is 4.74. The van der Waals surface area contributed by atoms with Crippen LogP contribution < -0.4 is 15.8 Å². The van der Waals surface area contributed by atoms with Crippen LogP contribution in [0.1, 0.15) is 40.7 Å². The summed E-state index contributed by atoms with van der Waals surface area (Å²) in [7, 11) is 0. The Balaban J connectivity index is 1.53. The van der Waals surface area contributed by atoms with Crippen LogP contribution in [0.25, 0.3) is 0 Å². The van der Waals surface area contributed by atoms with E-state index >= 15 is 0 Å². The molecule has 3 aromatic rings. The Bertz CT molecular complexity index is 1040. The average molecular weight is 375 g/mol. The Morgan fingerprint density at radius 2 is 1.93 bits per heavy atom. The molecule has 0 fully saturated rings. The van der Waals surface area contributed by atoms with E-state index in [1.54, 1.807) is 0 Å². The summed E-state index contributed by atoms with van der Waals surface area (Å²) in [4.78, 5) is 24.7. The molecule has 1 aliphatic rings. The number of ketones is 1. The molecule has 1 heterocycles. The van der Waals surface area contributed by atoms with Gasteiger partial charge < -0.3 is 15.8 Å². The van der Waals surface area contributed by atoms with Crippen LogP contribution in [0.5, 0.6) is 5.75 Å². The van der Waals surface area contributed by atoms with Gasteiger partial charge in [0.2, 0.25) is 11.9 Å². The van der Waals surface area contributed by atoms with E-state index in [-0.39, 0.29) is 18.3 Å². The Morgan fingerprint density at radius 1 is 1.07 bits per heavy atom. The summed E-state index contributed by atoms with van der Waals surface area (Å²) < 4.78 is 5.90. The minimum Gasteiger partial charge on any atom is -0.485 e. The molecule has 0 atom stereocenters. The fourth-order valence-electron chi connectivity index (χ4n) is 3.36. The highest BCUT2D eigenvalue weighted by Crippen LogP contribution is 2.30. The van der Waals surface area contributed by atoms with E-state index < -0.39 is 0 Å². The lowest BCUT2D eigenvalue weighted by Crippen LogP contribution is -2.10. The normalized spacial score (nSPS) is 12.7. The minimum absolute atomic E-state index is 0.124. The maximum Gasteiger partial charge on any atom is 0.232 e. The van der Waals surface area contributed by atoms with Crippen molar-refractivity contribution < 1.29 is 9.53 Å². The number of aromatic nitrogens is 3. The van der Waals surface area contributed by atoms with Crippen molar-refractivity contribution in [3.8, 4) is 5.75 Å². The quantitative estimate of drug-likeness (QED) is 0.680. The molecular formula is C21H21N5O2. The monoisotopic (exact) mass is 375 g/mol. The zero-order chi connectivity index (χ0) is 19.5. The summed E-state index contributed by atoms with van der Waals surface area (Å²) in [6, 6.07) is 13.5. The fourth-order valence-corrected chi connectivity index (χ4v) is 3.36. The van der Waals surface area contributed by atoms with E-state index in [2.05, 4.69) is 27.2 Å². The third kappa shape index (κ3) is 3.64. The number of anilines is 3. The zero-order valence-corrected chi connectivity index (χ0v) is 15.6. The molecule has 2 aromatic carbocycles. The summed E-state index contributed by atoms with van der Waals surface area (Å²) in [5.41, 5.74) is 9.64. The SMILES string of the molecule is CCc1ccccc1Nc1nc(N)nc(COc2cccc3c2CCC3=O)n1. The van der Waals surface area contributed by atoms with Crippen molar-refractivity contribution in [1.82, 2.24) is 15.0 Å². The van der Waals surface area contributed by atoms with Crippen molar-refractivity contribution in [3.63, 3.8) is 0 Å². The number of carbonyl (C=O) groups excluding carboxylic acids is 1. The maximum absolute atomic E-state index is 11.9. The first-order chi connectivity index (χ1) is 13.6. The van der Waals surface area contributed by atoms with Crippen LogP contribution in [0.4, 0.5) is 17.6 Å². The smallest absolute Gasteiger partial charge is 0.232 e. The Labute approximate surface area is 163 Å². The van der Waals surface area contributed by atoms with E-state index in [0.29, 0.717) is 30.4 Å². The molecule has 0 saturated heterocycles. The number of nitrogens with zero attached hydrogens (tertiary/aromatic N) is 3. The van der Waals surface area contributed by atoms with Crippen LogP contribution in [0.2, 0.25) is 0 Å². The highest BCUT2D eigenvalue weighted by molar-refractivity contribution is 6.01. The molecule has 0 spiro atoms. The standard InChI is InChI=1S/C21H21N5O2/c1-2-13-6-3-4-8-16(13)23-21-25-19(24-20(22)26-21)12-28-18-9-5-7-14-15(18)10-11-17(14)27/h3-9H,2,10-12H2,1H3,(H3,22,23,24,25,26). The highest BCUT2D eigenvalue weighted by atomic mass is 16.5. The van der Waals surface area contributed by atoms with Gasteiger partial charge in [0, 0.05) is 23.2 Å². The van der Waals surface area contributed by atoms with Crippen LogP contribution in [0.3, 0.4) is 0 Å². The molecule has 0 amide bonds. The van der Waals surface area contributed by atoms with Gasteiger partial charge in [0.15, 0.2) is 11.6 Å². The molecule has 4 rings (SSSR count). The van der Waals surface area contributed by atoms with Gasteiger partial charge in [0.1, 0.15) is 12.4 Å². The summed E-state index contributed by atoms with van der Waals surface area (Å²) in [5.74, 6) is 1.77. The highest BCUT2D eigenvalue weighted by Gasteiger charge is 2.22. The van der Waals surface area contributed by atoms with E-state index in [1.807, 2.05) is 42.5 Å². The number of carbonyl (C=O) groups is 1. The van der Waals surface area contributed by atoms with Gasteiger partial charge in [-0.15, -0.1) is 0 Å². The van der Waals surface area contributed by atoms with Gasteiger partial charge in [-0.05, 0) is 30.5 Å². The molecule has 0 saturated carbocycles. The van der Waals surface area contributed by atoms with Crippen molar-refractivity contribution in [2.24, 2.45) is 0 Å². The molecule has 0 radical (unpaired) electrons. The van der Waals surface area contributed by atoms with Crippen molar-refractivity contribution in [3.05, 3.63) is 65.0 Å². The molecule has 142 valence electrons. The average Bonchev–Trinajstić information content (AvgIpc) is 3.08. The predicted molar refractivity (Wildman–Crippen MR) is 107 cm³/mol. The number of nitrogen functional groups attached to an aromatic ring is 1.